The van der Waals surface area contributed by atoms with Crippen LogP contribution in [0.15, 0.2) is 18.2 Å². The molecule has 3 rings (SSSR count). The molecule has 0 radical (unpaired) electrons. The molecule has 0 spiro atoms. The van der Waals surface area contributed by atoms with E-state index in [9.17, 15) is 10.2 Å². The van der Waals surface area contributed by atoms with Crippen molar-refractivity contribution in [2.24, 2.45) is 5.92 Å². The van der Waals surface area contributed by atoms with Crippen molar-refractivity contribution >= 4 is 24.8 Å². The van der Waals surface area contributed by atoms with Crippen molar-refractivity contribution < 1.29 is 10.2 Å². The second-order valence-corrected chi connectivity index (χ2v) is 5.70. The van der Waals surface area contributed by atoms with Gasteiger partial charge in [0.15, 0.2) is 0 Å². The van der Waals surface area contributed by atoms with Crippen molar-refractivity contribution in [1.82, 2.24) is 10.2 Å². The van der Waals surface area contributed by atoms with Crippen molar-refractivity contribution in [3.05, 3.63) is 23.8 Å². The molecule has 1 heterocycles. The fourth-order valence-corrected chi connectivity index (χ4v) is 3.29. The van der Waals surface area contributed by atoms with Crippen LogP contribution in [0.5, 0.6) is 11.5 Å². The maximum absolute atomic E-state index is 9.72. The minimum absolute atomic E-state index is 0. The zero-order valence-corrected chi connectivity index (χ0v) is 13.6. The predicted molar refractivity (Wildman–Crippen MR) is 88.8 cm³/mol. The van der Waals surface area contributed by atoms with Gasteiger partial charge in [-0.25, -0.2) is 0 Å². The molecule has 1 atom stereocenters. The molecular formula is C15H24Cl2N2O2. The van der Waals surface area contributed by atoms with Gasteiger partial charge in [-0.15, -0.1) is 24.8 Å². The number of benzene rings is 1. The first-order valence-electron chi connectivity index (χ1n) is 7.22. The fourth-order valence-electron chi connectivity index (χ4n) is 3.29. The molecule has 1 aliphatic heterocycles. The first-order chi connectivity index (χ1) is 9.24. The Morgan fingerprint density at radius 3 is 2.05 bits per heavy atom. The molecule has 0 unspecified atom stereocenters. The van der Waals surface area contributed by atoms with E-state index in [1.807, 2.05) is 12.1 Å². The smallest absolute Gasteiger partial charge is 0.119 e. The number of rotatable bonds is 3. The summed E-state index contributed by atoms with van der Waals surface area (Å²) in [6.45, 7) is 4.12. The lowest BCUT2D eigenvalue weighted by atomic mass is 9.76. The van der Waals surface area contributed by atoms with Crippen LogP contribution in [0.25, 0.3) is 0 Å². The number of piperazine rings is 1. The minimum atomic E-state index is 0. The zero-order valence-electron chi connectivity index (χ0n) is 12.0. The number of phenolic OH excluding ortho intramolecular Hbond substituents is 2. The maximum Gasteiger partial charge on any atom is 0.119 e. The van der Waals surface area contributed by atoms with E-state index in [0.29, 0.717) is 12.0 Å². The zero-order chi connectivity index (χ0) is 13.2. The molecule has 0 amide bonds. The molecule has 2 aliphatic rings. The van der Waals surface area contributed by atoms with E-state index in [0.717, 1.165) is 31.7 Å². The van der Waals surface area contributed by atoms with Gasteiger partial charge in [-0.2, -0.15) is 0 Å². The van der Waals surface area contributed by atoms with Gasteiger partial charge < -0.3 is 15.5 Å². The van der Waals surface area contributed by atoms with E-state index in [2.05, 4.69) is 10.2 Å². The largest absolute Gasteiger partial charge is 0.508 e. The Bertz CT molecular complexity index is 429. The van der Waals surface area contributed by atoms with E-state index in [4.69, 9.17) is 0 Å². The number of nitrogens with one attached hydrogen (secondary N) is 1. The second kappa shape index (κ2) is 8.08. The van der Waals surface area contributed by atoms with Gasteiger partial charge >= 0.3 is 0 Å². The molecule has 21 heavy (non-hydrogen) atoms. The van der Waals surface area contributed by atoms with E-state index < -0.39 is 0 Å². The number of hydrogen-bond donors (Lipinski definition) is 3. The third-order valence-electron chi connectivity index (χ3n) is 4.41. The Labute approximate surface area is 138 Å². The summed E-state index contributed by atoms with van der Waals surface area (Å²) in [4.78, 5) is 2.49. The highest BCUT2D eigenvalue weighted by atomic mass is 35.5. The number of phenols is 2. The topological polar surface area (TPSA) is 55.7 Å². The quantitative estimate of drug-likeness (QED) is 0.795. The lowest BCUT2D eigenvalue weighted by Gasteiger charge is -2.43. The molecule has 6 heteroatoms. The highest BCUT2D eigenvalue weighted by Crippen LogP contribution is 2.42. The maximum atomic E-state index is 9.72. The summed E-state index contributed by atoms with van der Waals surface area (Å²) in [7, 11) is 0. The van der Waals surface area contributed by atoms with Crippen LogP contribution in [-0.2, 0) is 0 Å². The molecule has 4 nitrogen and oxygen atoms in total. The Morgan fingerprint density at radius 2 is 1.57 bits per heavy atom. The minimum Gasteiger partial charge on any atom is -0.508 e. The normalized spacial score (nSPS) is 20.8. The third-order valence-corrected chi connectivity index (χ3v) is 4.41. The van der Waals surface area contributed by atoms with E-state index >= 15 is 0 Å². The molecule has 1 aromatic rings. The highest BCUT2D eigenvalue weighted by Gasteiger charge is 2.33. The van der Waals surface area contributed by atoms with Crippen molar-refractivity contribution in [3.8, 4) is 11.5 Å². The first kappa shape index (κ1) is 18.4. The first-order valence-corrected chi connectivity index (χ1v) is 7.22. The van der Waals surface area contributed by atoms with Crippen LogP contribution >= 0.6 is 24.8 Å². The van der Waals surface area contributed by atoms with E-state index in [1.54, 1.807) is 0 Å². The molecule has 0 aromatic heterocycles. The van der Waals surface area contributed by atoms with Crippen LogP contribution in [0.3, 0.4) is 0 Å². The summed E-state index contributed by atoms with van der Waals surface area (Å²) >= 11 is 0. The van der Waals surface area contributed by atoms with Gasteiger partial charge in [0.1, 0.15) is 11.5 Å². The SMILES string of the molecule is Cl.Cl.Oc1cc(O)cc([C@H](C2CCC2)N2CCNCC2)c1. The molecular weight excluding hydrogens is 311 g/mol. The molecule has 120 valence electrons. The monoisotopic (exact) mass is 334 g/mol. The van der Waals surface area contributed by atoms with Crippen molar-refractivity contribution in [2.45, 2.75) is 25.3 Å². The summed E-state index contributed by atoms with van der Waals surface area (Å²) in [5, 5.41) is 22.8. The average molecular weight is 335 g/mol. The summed E-state index contributed by atoms with van der Waals surface area (Å²) < 4.78 is 0. The summed E-state index contributed by atoms with van der Waals surface area (Å²) in [6.07, 6.45) is 3.81. The predicted octanol–water partition coefficient (Wildman–Crippen LogP) is 2.69. The Hall–Kier alpha value is -0.680. The van der Waals surface area contributed by atoms with Gasteiger partial charge in [-0.3, -0.25) is 4.90 Å². The number of nitrogens with zero attached hydrogens (tertiary/aromatic N) is 1. The molecule has 1 aliphatic carbocycles. The third kappa shape index (κ3) is 4.16. The Balaban J connectivity index is 0.00000110. The van der Waals surface area contributed by atoms with Crippen LogP contribution in [0, 0.1) is 5.92 Å². The lowest BCUT2D eigenvalue weighted by molar-refractivity contribution is 0.0834. The van der Waals surface area contributed by atoms with Crippen LogP contribution in [0.1, 0.15) is 30.9 Å². The van der Waals surface area contributed by atoms with Gasteiger partial charge in [0.2, 0.25) is 0 Å². The highest BCUT2D eigenvalue weighted by molar-refractivity contribution is 5.85. The van der Waals surface area contributed by atoms with E-state index in [-0.39, 0.29) is 36.3 Å². The standard InChI is InChI=1S/C15H22N2O2.2ClH/c18-13-8-12(9-14(19)10-13)15(11-2-1-3-11)17-6-4-16-5-7-17;;/h8-11,15-16,18-19H,1-7H2;2*1H/t15-;;/m0../s1. The van der Waals surface area contributed by atoms with Crippen LogP contribution in [0.2, 0.25) is 0 Å². The molecule has 2 fully saturated rings. The van der Waals surface area contributed by atoms with Gasteiger partial charge in [-0.1, -0.05) is 6.42 Å². The lowest BCUT2D eigenvalue weighted by Crippen LogP contribution is -2.47. The molecule has 1 aromatic carbocycles. The number of hydrogen-bond acceptors (Lipinski definition) is 4. The number of aromatic hydroxyl groups is 2. The van der Waals surface area contributed by atoms with Crippen LogP contribution in [-0.4, -0.2) is 41.3 Å². The number of halogens is 2. The molecule has 1 saturated carbocycles. The summed E-state index contributed by atoms with van der Waals surface area (Å²) in [6, 6.07) is 5.36. The summed E-state index contributed by atoms with van der Waals surface area (Å²) in [5.41, 5.74) is 1.06. The van der Waals surface area contributed by atoms with Crippen molar-refractivity contribution in [1.29, 1.82) is 0 Å². The van der Waals surface area contributed by atoms with E-state index in [1.165, 1.54) is 25.3 Å². The van der Waals surface area contributed by atoms with Gasteiger partial charge in [-0.05, 0) is 36.5 Å². The Morgan fingerprint density at radius 1 is 1.00 bits per heavy atom. The average Bonchev–Trinajstić information content (AvgIpc) is 2.33. The fraction of sp³-hybridized carbons (Fsp3) is 0.600. The van der Waals surface area contributed by atoms with Gasteiger partial charge in [0.05, 0.1) is 0 Å². The van der Waals surface area contributed by atoms with Crippen LogP contribution in [0.4, 0.5) is 0 Å². The molecule has 0 bridgehead atoms. The summed E-state index contributed by atoms with van der Waals surface area (Å²) in [5.74, 6) is 0.989. The molecule has 3 N–H and O–H groups in total. The Kier molecular flexibility index (Phi) is 7.07. The van der Waals surface area contributed by atoms with Gasteiger partial charge in [0.25, 0.3) is 0 Å². The van der Waals surface area contributed by atoms with Crippen molar-refractivity contribution in [2.75, 3.05) is 26.2 Å². The molecule has 1 saturated heterocycles. The second-order valence-electron chi connectivity index (χ2n) is 5.70. The van der Waals surface area contributed by atoms with Gasteiger partial charge in [0, 0.05) is 38.3 Å². The van der Waals surface area contributed by atoms with Crippen LogP contribution < -0.4 is 5.32 Å². The van der Waals surface area contributed by atoms with Crippen molar-refractivity contribution in [3.63, 3.8) is 0 Å².